The first-order valence-corrected chi connectivity index (χ1v) is 5.05. The van der Waals surface area contributed by atoms with E-state index in [1.54, 1.807) is 0 Å². The molecule has 0 aromatic carbocycles. The Labute approximate surface area is 92.1 Å². The summed E-state index contributed by atoms with van der Waals surface area (Å²) in [6.45, 7) is 3.92. The number of hydrogen-bond acceptors (Lipinski definition) is 3. The lowest BCUT2D eigenvalue weighted by Crippen LogP contribution is -2.16. The maximum absolute atomic E-state index is 12.1. The fraction of sp³-hybridized carbons (Fsp3) is 0.600. The predicted molar refractivity (Wildman–Crippen MR) is 55.2 cm³/mol. The van der Waals surface area contributed by atoms with Crippen molar-refractivity contribution in [3.05, 3.63) is 18.1 Å². The number of halogens is 3. The van der Waals surface area contributed by atoms with Gasteiger partial charge in [-0.1, -0.05) is 6.92 Å². The van der Waals surface area contributed by atoms with Crippen LogP contribution in [0.15, 0.2) is 12.4 Å². The van der Waals surface area contributed by atoms with Gasteiger partial charge in [0, 0.05) is 12.1 Å². The Morgan fingerprint density at radius 2 is 2.06 bits per heavy atom. The van der Waals surface area contributed by atoms with Crippen molar-refractivity contribution in [1.29, 1.82) is 0 Å². The lowest BCUT2D eigenvalue weighted by Gasteiger charge is -2.12. The maximum Gasteiger partial charge on any atom is 0.394 e. The van der Waals surface area contributed by atoms with Crippen LogP contribution in [-0.2, 0) is 6.42 Å². The second kappa shape index (κ2) is 5.14. The summed E-state index contributed by atoms with van der Waals surface area (Å²) in [7, 11) is 0. The molecule has 0 aliphatic heterocycles. The summed E-state index contributed by atoms with van der Waals surface area (Å²) in [5.41, 5.74) is -0.0201. The van der Waals surface area contributed by atoms with Gasteiger partial charge in [0.05, 0.1) is 12.1 Å². The SMILES string of the molecule is CCC(C)Nc1cc(CC(F)(F)F)ncn1. The van der Waals surface area contributed by atoms with Crippen molar-refractivity contribution in [2.75, 3.05) is 5.32 Å². The van der Waals surface area contributed by atoms with Gasteiger partial charge in [-0.05, 0) is 13.3 Å². The van der Waals surface area contributed by atoms with Crippen molar-refractivity contribution < 1.29 is 13.2 Å². The molecule has 3 nitrogen and oxygen atoms in total. The molecule has 1 unspecified atom stereocenters. The van der Waals surface area contributed by atoms with Crippen molar-refractivity contribution in [1.82, 2.24) is 9.97 Å². The highest BCUT2D eigenvalue weighted by molar-refractivity contribution is 5.35. The Hall–Kier alpha value is -1.33. The first-order valence-electron chi connectivity index (χ1n) is 5.05. The second-order valence-corrected chi connectivity index (χ2v) is 3.64. The number of anilines is 1. The van der Waals surface area contributed by atoms with Gasteiger partial charge < -0.3 is 5.32 Å². The zero-order valence-corrected chi connectivity index (χ0v) is 9.17. The molecule has 0 fully saturated rings. The van der Waals surface area contributed by atoms with E-state index in [1.807, 2.05) is 13.8 Å². The molecule has 1 aromatic rings. The van der Waals surface area contributed by atoms with Gasteiger partial charge in [-0.3, -0.25) is 0 Å². The smallest absolute Gasteiger partial charge is 0.368 e. The third-order valence-electron chi connectivity index (χ3n) is 2.11. The number of nitrogens with one attached hydrogen (secondary N) is 1. The van der Waals surface area contributed by atoms with Crippen LogP contribution < -0.4 is 5.32 Å². The van der Waals surface area contributed by atoms with Crippen LogP contribution >= 0.6 is 0 Å². The highest BCUT2D eigenvalue weighted by Gasteiger charge is 2.28. The molecule has 0 aliphatic carbocycles. The summed E-state index contributed by atoms with van der Waals surface area (Å²) in [6.07, 6.45) is -3.24. The number of nitrogens with zero attached hydrogens (tertiary/aromatic N) is 2. The van der Waals surface area contributed by atoms with Crippen LogP contribution in [0.25, 0.3) is 0 Å². The summed E-state index contributed by atoms with van der Waals surface area (Å²) in [6, 6.07) is 1.51. The Morgan fingerprint density at radius 3 is 2.62 bits per heavy atom. The van der Waals surface area contributed by atoms with Crippen molar-refractivity contribution in [3.8, 4) is 0 Å². The van der Waals surface area contributed by atoms with Gasteiger partial charge in [0.2, 0.25) is 0 Å². The summed E-state index contributed by atoms with van der Waals surface area (Å²) in [5.74, 6) is 0.434. The van der Waals surface area contributed by atoms with Gasteiger partial charge in [-0.2, -0.15) is 13.2 Å². The summed E-state index contributed by atoms with van der Waals surface area (Å²) in [4.78, 5) is 7.45. The highest BCUT2D eigenvalue weighted by Crippen LogP contribution is 2.20. The number of hydrogen-bond donors (Lipinski definition) is 1. The van der Waals surface area contributed by atoms with Gasteiger partial charge in [0.1, 0.15) is 12.1 Å². The molecule has 1 heterocycles. The van der Waals surface area contributed by atoms with Crippen molar-refractivity contribution in [3.63, 3.8) is 0 Å². The lowest BCUT2D eigenvalue weighted by molar-refractivity contribution is -0.127. The van der Waals surface area contributed by atoms with Gasteiger partial charge in [-0.15, -0.1) is 0 Å². The van der Waals surface area contributed by atoms with E-state index in [4.69, 9.17) is 0 Å². The average molecular weight is 233 g/mol. The zero-order valence-electron chi connectivity index (χ0n) is 9.17. The van der Waals surface area contributed by atoms with Crippen LogP contribution in [0, 0.1) is 0 Å². The molecule has 1 aromatic heterocycles. The molecular weight excluding hydrogens is 219 g/mol. The fourth-order valence-electron chi connectivity index (χ4n) is 1.13. The third-order valence-corrected chi connectivity index (χ3v) is 2.11. The van der Waals surface area contributed by atoms with Crippen molar-refractivity contribution >= 4 is 5.82 Å². The number of aromatic nitrogens is 2. The first-order chi connectivity index (χ1) is 7.40. The molecule has 0 saturated carbocycles. The average Bonchev–Trinajstić information content (AvgIpc) is 2.15. The minimum absolute atomic E-state index is 0.0201. The largest absolute Gasteiger partial charge is 0.394 e. The minimum Gasteiger partial charge on any atom is -0.368 e. The molecule has 0 bridgehead atoms. The molecule has 6 heteroatoms. The van der Waals surface area contributed by atoms with Crippen molar-refractivity contribution in [2.45, 2.75) is 38.9 Å². The van der Waals surface area contributed by atoms with Gasteiger partial charge in [-0.25, -0.2) is 9.97 Å². The summed E-state index contributed by atoms with van der Waals surface area (Å²) >= 11 is 0. The Bertz CT molecular complexity index is 338. The molecule has 90 valence electrons. The Kier molecular flexibility index (Phi) is 4.09. The molecule has 1 N–H and O–H groups in total. The second-order valence-electron chi connectivity index (χ2n) is 3.64. The van der Waals surface area contributed by atoms with E-state index in [0.29, 0.717) is 5.82 Å². The van der Waals surface area contributed by atoms with Crippen LogP contribution in [0.5, 0.6) is 0 Å². The monoisotopic (exact) mass is 233 g/mol. The van der Waals surface area contributed by atoms with Crippen LogP contribution in [0.2, 0.25) is 0 Å². The molecular formula is C10H14F3N3. The van der Waals surface area contributed by atoms with E-state index in [0.717, 1.165) is 12.7 Å². The standard InChI is InChI=1S/C10H14F3N3/c1-3-7(2)16-9-4-8(14-6-15-9)5-10(11,12)13/h4,6-7H,3,5H2,1-2H3,(H,14,15,16). The molecule has 0 aliphatic rings. The Balaban J connectivity index is 2.71. The van der Waals surface area contributed by atoms with E-state index >= 15 is 0 Å². The molecule has 0 saturated heterocycles. The normalized spacial score (nSPS) is 13.6. The van der Waals surface area contributed by atoms with E-state index in [-0.39, 0.29) is 11.7 Å². The van der Waals surface area contributed by atoms with Gasteiger partial charge in [0.15, 0.2) is 0 Å². The van der Waals surface area contributed by atoms with Crippen molar-refractivity contribution in [2.24, 2.45) is 0 Å². The van der Waals surface area contributed by atoms with E-state index in [1.165, 1.54) is 6.07 Å². The lowest BCUT2D eigenvalue weighted by atomic mass is 10.2. The van der Waals surface area contributed by atoms with Crippen LogP contribution in [0.1, 0.15) is 26.0 Å². The summed E-state index contributed by atoms with van der Waals surface area (Å²) in [5, 5.41) is 3.00. The molecule has 16 heavy (non-hydrogen) atoms. The van der Waals surface area contributed by atoms with E-state index in [2.05, 4.69) is 15.3 Å². The predicted octanol–water partition coefficient (Wildman–Crippen LogP) is 2.79. The van der Waals surface area contributed by atoms with Crippen LogP contribution in [0.4, 0.5) is 19.0 Å². The number of rotatable bonds is 4. The molecule has 0 amide bonds. The molecule has 1 atom stereocenters. The molecule has 0 radical (unpaired) electrons. The van der Waals surface area contributed by atoms with Crippen LogP contribution in [-0.4, -0.2) is 22.2 Å². The molecule has 1 rings (SSSR count). The summed E-state index contributed by atoms with van der Waals surface area (Å²) < 4.78 is 36.4. The Morgan fingerprint density at radius 1 is 1.38 bits per heavy atom. The van der Waals surface area contributed by atoms with Gasteiger partial charge >= 0.3 is 6.18 Å². The topological polar surface area (TPSA) is 37.8 Å². The zero-order chi connectivity index (χ0) is 12.2. The maximum atomic E-state index is 12.1. The number of alkyl halides is 3. The quantitative estimate of drug-likeness (QED) is 0.868. The third kappa shape index (κ3) is 4.46. The van der Waals surface area contributed by atoms with E-state index < -0.39 is 12.6 Å². The van der Waals surface area contributed by atoms with Gasteiger partial charge in [0.25, 0.3) is 0 Å². The van der Waals surface area contributed by atoms with E-state index in [9.17, 15) is 13.2 Å². The molecule has 0 spiro atoms. The van der Waals surface area contributed by atoms with Crippen LogP contribution in [0.3, 0.4) is 0 Å². The minimum atomic E-state index is -4.23. The fourth-order valence-corrected chi connectivity index (χ4v) is 1.13. The highest BCUT2D eigenvalue weighted by atomic mass is 19.4. The first kappa shape index (κ1) is 12.7.